The fourth-order valence-corrected chi connectivity index (χ4v) is 5.52. The molecule has 0 amide bonds. The second-order valence-electron chi connectivity index (χ2n) is 9.08. The Hall–Kier alpha value is -2.96. The summed E-state index contributed by atoms with van der Waals surface area (Å²) in [6.07, 6.45) is -3.31. The summed E-state index contributed by atoms with van der Waals surface area (Å²) in [4.78, 5) is 10.1. The third kappa shape index (κ3) is 6.93. The van der Waals surface area contributed by atoms with Crippen LogP contribution in [0.25, 0.3) is 0 Å². The molecule has 41 heavy (non-hydrogen) atoms. The highest BCUT2D eigenvalue weighted by atomic mass is 32.1. The van der Waals surface area contributed by atoms with E-state index in [-0.39, 0.29) is 11.8 Å². The third-order valence-electron chi connectivity index (χ3n) is 6.72. The lowest BCUT2D eigenvalue weighted by atomic mass is 9.80. The van der Waals surface area contributed by atoms with Crippen molar-refractivity contribution in [2.24, 2.45) is 5.73 Å². The highest BCUT2D eigenvalue weighted by Gasteiger charge is 2.50. The van der Waals surface area contributed by atoms with Gasteiger partial charge in [0.1, 0.15) is 43.3 Å². The van der Waals surface area contributed by atoms with Crippen LogP contribution in [0, 0.1) is 0 Å². The summed E-state index contributed by atoms with van der Waals surface area (Å²) in [6, 6.07) is 23.4. The number of phosphoric ester groups is 1. The number of ether oxygens (including phenoxy) is 5. The quantitative estimate of drug-likeness (QED) is 0.137. The molecule has 5 atom stereocenters. The maximum Gasteiger partial charge on any atom is 0.472 e. The molecule has 1 heterocycles. The number of nitrogens with two attached hydrogens (primary N) is 1. The van der Waals surface area contributed by atoms with Gasteiger partial charge in [-0.05, 0) is 53.2 Å². The summed E-state index contributed by atoms with van der Waals surface area (Å²) in [5.74, 6) is 1.33. The first-order chi connectivity index (χ1) is 19.6. The van der Waals surface area contributed by atoms with Gasteiger partial charge >= 0.3 is 7.82 Å². The zero-order chi connectivity index (χ0) is 29.6. The summed E-state index contributed by atoms with van der Waals surface area (Å²) in [7, 11) is 5.88. The molecular weight excluding hydrogens is 568 g/mol. The van der Waals surface area contributed by atoms with Crippen molar-refractivity contribution in [2.45, 2.75) is 29.9 Å². The second-order valence-corrected chi connectivity index (χ2v) is 11.0. The Morgan fingerprint density at radius 1 is 0.927 bits per heavy atom. The first-order valence-electron chi connectivity index (χ1n) is 12.6. The topological polar surface area (TPSA) is 128 Å². The van der Waals surface area contributed by atoms with Crippen LogP contribution in [-0.2, 0) is 33.4 Å². The first kappa shape index (κ1) is 31.0. The van der Waals surface area contributed by atoms with Gasteiger partial charge in [0.05, 0.1) is 26.8 Å². The molecule has 3 N–H and O–H groups in total. The summed E-state index contributed by atoms with van der Waals surface area (Å²) < 4.78 is 51.5. The minimum absolute atomic E-state index is 0.160. The molecule has 3 aromatic carbocycles. The number of thiocarbonyl (C=S) groups is 1. The number of hydrogen-bond acceptors (Lipinski definition) is 9. The SMILES string of the molecule is [B][C@@H]1O[C@H](COC(c2ccccc2)(c2ccc(OC)cc2)c2ccc(OC)cc2)C(OP(=O)(O)OC)[C@@H]1OC(N)=S. The number of benzene rings is 3. The summed E-state index contributed by atoms with van der Waals surface area (Å²) in [6.45, 7) is -0.160. The van der Waals surface area contributed by atoms with E-state index in [1.807, 2.05) is 78.9 Å². The van der Waals surface area contributed by atoms with Crippen molar-refractivity contribution >= 4 is 33.1 Å². The summed E-state index contributed by atoms with van der Waals surface area (Å²) >= 11 is 4.88. The molecule has 1 aliphatic rings. The Kier molecular flexibility index (Phi) is 10.1. The molecule has 0 bridgehead atoms. The van der Waals surface area contributed by atoms with Gasteiger partial charge in [-0.15, -0.1) is 0 Å². The maximum atomic E-state index is 12.4. The van der Waals surface area contributed by atoms with E-state index in [1.54, 1.807) is 14.2 Å². The third-order valence-corrected chi connectivity index (χ3v) is 7.79. The standard InChI is InChI=1S/C28H31BNO9PS/c1-33-21-13-9-19(10-14-21)28(18-7-5-4-6-8-18,20-11-15-22(34-2)16-12-20)36-17-23-24(39-40(31,32)35-3)25(26(29)37-23)38-27(30)41/h4-16,23-26H,17H2,1-3H3,(H2,30,41)(H,31,32)/t23-,24?,25+,26-/m1/s1. The average molecular weight is 599 g/mol. The van der Waals surface area contributed by atoms with Crippen LogP contribution in [0.3, 0.4) is 0 Å². The molecule has 1 aliphatic heterocycles. The number of phosphoric acid groups is 1. The maximum absolute atomic E-state index is 12.4. The van der Waals surface area contributed by atoms with Gasteiger partial charge in [-0.25, -0.2) is 4.57 Å². The fraction of sp³-hybridized carbons (Fsp3) is 0.321. The van der Waals surface area contributed by atoms with Crippen molar-refractivity contribution in [2.75, 3.05) is 27.9 Å². The summed E-state index contributed by atoms with van der Waals surface area (Å²) in [5, 5.41) is -0.329. The van der Waals surface area contributed by atoms with Gasteiger partial charge in [-0.2, -0.15) is 0 Å². The highest BCUT2D eigenvalue weighted by molar-refractivity contribution is 7.80. The van der Waals surface area contributed by atoms with Crippen LogP contribution in [0.5, 0.6) is 11.5 Å². The zero-order valence-corrected chi connectivity index (χ0v) is 24.5. The fourth-order valence-electron chi connectivity index (χ4n) is 4.76. The van der Waals surface area contributed by atoms with Gasteiger partial charge in [-0.3, -0.25) is 9.05 Å². The molecule has 0 spiro atoms. The van der Waals surface area contributed by atoms with Crippen molar-refractivity contribution in [3.05, 3.63) is 95.6 Å². The number of rotatable bonds is 12. The van der Waals surface area contributed by atoms with Gasteiger partial charge in [0.25, 0.3) is 5.17 Å². The van der Waals surface area contributed by atoms with Crippen molar-refractivity contribution in [3.8, 4) is 11.5 Å². The van der Waals surface area contributed by atoms with Crippen LogP contribution in [0.1, 0.15) is 16.7 Å². The Morgan fingerprint density at radius 3 is 1.90 bits per heavy atom. The molecule has 2 radical (unpaired) electrons. The molecule has 2 unspecified atom stereocenters. The molecule has 0 saturated carbocycles. The largest absolute Gasteiger partial charge is 0.497 e. The van der Waals surface area contributed by atoms with Crippen molar-refractivity contribution in [3.63, 3.8) is 0 Å². The van der Waals surface area contributed by atoms with Gasteiger partial charge in [0.2, 0.25) is 0 Å². The first-order valence-corrected chi connectivity index (χ1v) is 14.5. The van der Waals surface area contributed by atoms with E-state index in [4.69, 9.17) is 54.0 Å². The molecule has 10 nitrogen and oxygen atoms in total. The van der Waals surface area contributed by atoms with Crippen LogP contribution >= 0.6 is 20.0 Å². The predicted octanol–water partition coefficient (Wildman–Crippen LogP) is 3.67. The second kappa shape index (κ2) is 13.3. The Labute approximate surface area is 245 Å². The summed E-state index contributed by atoms with van der Waals surface area (Å²) in [5.41, 5.74) is 6.74. The van der Waals surface area contributed by atoms with Crippen molar-refractivity contribution < 1.29 is 42.2 Å². The predicted molar refractivity (Wildman–Crippen MR) is 156 cm³/mol. The van der Waals surface area contributed by atoms with Crippen LogP contribution in [-0.4, -0.2) is 70.2 Å². The molecule has 1 saturated heterocycles. The van der Waals surface area contributed by atoms with Gasteiger partial charge in [-0.1, -0.05) is 54.6 Å². The van der Waals surface area contributed by atoms with E-state index in [1.165, 1.54) is 0 Å². The highest BCUT2D eigenvalue weighted by Crippen LogP contribution is 2.48. The smallest absolute Gasteiger partial charge is 0.472 e. The van der Waals surface area contributed by atoms with Crippen molar-refractivity contribution in [1.29, 1.82) is 0 Å². The minimum atomic E-state index is -4.51. The molecule has 13 heteroatoms. The molecule has 3 aromatic rings. The molecule has 0 aliphatic carbocycles. The monoisotopic (exact) mass is 599 g/mol. The van der Waals surface area contributed by atoms with Gasteiger partial charge in [0.15, 0.2) is 0 Å². The van der Waals surface area contributed by atoms with Crippen LogP contribution in [0.15, 0.2) is 78.9 Å². The molecule has 0 aromatic heterocycles. The molecular formula is C28H31BNO9PS. The van der Waals surface area contributed by atoms with E-state index in [0.717, 1.165) is 23.8 Å². The Balaban J connectivity index is 1.81. The molecule has 1 fully saturated rings. The Morgan fingerprint density at radius 2 is 1.44 bits per heavy atom. The lowest BCUT2D eigenvalue weighted by molar-refractivity contribution is -0.0742. The Bertz CT molecular complexity index is 1300. The lowest BCUT2D eigenvalue weighted by Gasteiger charge is -2.37. The average Bonchev–Trinajstić information content (AvgIpc) is 3.26. The molecule has 4 rings (SSSR count). The normalized spacial score (nSPS) is 22.0. The van der Waals surface area contributed by atoms with E-state index in [9.17, 15) is 9.46 Å². The van der Waals surface area contributed by atoms with E-state index >= 15 is 0 Å². The van der Waals surface area contributed by atoms with Crippen molar-refractivity contribution in [1.82, 2.24) is 0 Å². The molecule has 216 valence electrons. The minimum Gasteiger partial charge on any atom is -0.497 e. The lowest BCUT2D eigenvalue weighted by Crippen LogP contribution is -2.42. The number of hydrogen-bond donors (Lipinski definition) is 2. The van der Waals surface area contributed by atoms with Gasteiger partial charge in [0, 0.05) is 7.11 Å². The van der Waals surface area contributed by atoms with Crippen LogP contribution < -0.4 is 15.2 Å². The number of methoxy groups -OCH3 is 2. The van der Waals surface area contributed by atoms with E-state index < -0.39 is 37.7 Å². The van der Waals surface area contributed by atoms with Crippen LogP contribution in [0.4, 0.5) is 0 Å². The van der Waals surface area contributed by atoms with Crippen LogP contribution in [0.2, 0.25) is 0 Å². The van der Waals surface area contributed by atoms with E-state index in [0.29, 0.717) is 11.5 Å². The van der Waals surface area contributed by atoms with E-state index in [2.05, 4.69) is 4.52 Å². The van der Waals surface area contributed by atoms with Gasteiger partial charge < -0.3 is 34.3 Å². The zero-order valence-electron chi connectivity index (χ0n) is 22.7.